The maximum atomic E-state index is 15.6. The first-order valence-corrected chi connectivity index (χ1v) is 13.7. The Morgan fingerprint density at radius 3 is 2.88 bits per heavy atom. The lowest BCUT2D eigenvalue weighted by Gasteiger charge is -2.19. The van der Waals surface area contributed by atoms with Gasteiger partial charge in [-0.25, -0.2) is 18.9 Å². The van der Waals surface area contributed by atoms with Crippen molar-refractivity contribution in [2.45, 2.75) is 33.6 Å². The highest BCUT2D eigenvalue weighted by atomic mass is 19.1. The monoisotopic (exact) mass is 556 g/mol. The number of rotatable bonds is 9. The van der Waals surface area contributed by atoms with Gasteiger partial charge < -0.3 is 20.1 Å². The number of hydrogen-bond donors (Lipinski definition) is 2. The summed E-state index contributed by atoms with van der Waals surface area (Å²) in [7, 11) is 1.66. The van der Waals surface area contributed by atoms with Crippen molar-refractivity contribution in [3.63, 3.8) is 0 Å². The van der Waals surface area contributed by atoms with Gasteiger partial charge in [0, 0.05) is 30.6 Å². The lowest BCUT2D eigenvalue weighted by Crippen LogP contribution is -2.33. The molecule has 0 saturated heterocycles. The van der Waals surface area contributed by atoms with Crippen LogP contribution in [0.3, 0.4) is 0 Å². The fourth-order valence-electron chi connectivity index (χ4n) is 4.69. The molecule has 0 fully saturated rings. The van der Waals surface area contributed by atoms with Crippen LogP contribution in [0, 0.1) is 19.7 Å². The van der Waals surface area contributed by atoms with E-state index in [-0.39, 0.29) is 5.69 Å². The molecular formula is C31H35FN7O2+. The summed E-state index contributed by atoms with van der Waals surface area (Å²) in [4.78, 5) is 8.94. The summed E-state index contributed by atoms with van der Waals surface area (Å²) >= 11 is 0. The Morgan fingerprint density at radius 1 is 1.22 bits per heavy atom. The molecule has 1 aliphatic rings. The van der Waals surface area contributed by atoms with Crippen molar-refractivity contribution in [1.82, 2.24) is 19.9 Å². The summed E-state index contributed by atoms with van der Waals surface area (Å²) < 4.78 is 31.4. The fourth-order valence-corrected chi connectivity index (χ4v) is 4.69. The number of aromatic nitrogens is 3. The minimum atomic E-state index is -0.470. The van der Waals surface area contributed by atoms with Crippen LogP contribution >= 0.6 is 0 Å². The van der Waals surface area contributed by atoms with E-state index in [4.69, 9.17) is 14.5 Å². The van der Waals surface area contributed by atoms with Crippen LogP contribution in [0.1, 0.15) is 36.5 Å². The molecule has 5 rings (SSSR count). The summed E-state index contributed by atoms with van der Waals surface area (Å²) in [5.74, 6) is 1.65. The number of nitrogens with zero attached hydrogens (tertiary/aromatic N) is 5. The zero-order valence-electron chi connectivity index (χ0n) is 23.8. The van der Waals surface area contributed by atoms with Crippen LogP contribution in [0.25, 0.3) is 5.65 Å². The van der Waals surface area contributed by atoms with Gasteiger partial charge in [-0.15, -0.1) is 0 Å². The maximum Gasteiger partial charge on any atom is 0.248 e. The molecule has 1 aliphatic heterocycles. The van der Waals surface area contributed by atoms with E-state index in [2.05, 4.69) is 44.5 Å². The highest BCUT2D eigenvalue weighted by Gasteiger charge is 2.25. The highest BCUT2D eigenvalue weighted by Crippen LogP contribution is 2.36. The second-order valence-corrected chi connectivity index (χ2v) is 9.79. The number of aryl methyl sites for hydroxylation is 2. The second kappa shape index (κ2) is 12.7. The first-order valence-electron chi connectivity index (χ1n) is 13.7. The SMILES string of the molecule is CCC/C=C/N=C(Nc1cc(C)c(Oc2ccn3ncnc3c2)cc1F)c1c(C)ccc([N+]2=CCNCC2)c1OC. The molecule has 0 bridgehead atoms. The summed E-state index contributed by atoms with van der Waals surface area (Å²) in [6.45, 7) is 8.44. The molecule has 0 spiro atoms. The lowest BCUT2D eigenvalue weighted by atomic mass is 10.0. The number of benzene rings is 2. The predicted octanol–water partition coefficient (Wildman–Crippen LogP) is 5.78. The Hall–Kier alpha value is -4.57. The van der Waals surface area contributed by atoms with Gasteiger partial charge in [0.2, 0.25) is 11.4 Å². The van der Waals surface area contributed by atoms with Crippen LogP contribution in [0.5, 0.6) is 17.2 Å². The third kappa shape index (κ3) is 6.28. The van der Waals surface area contributed by atoms with Crippen molar-refractivity contribution in [2.24, 2.45) is 4.99 Å². The molecule has 2 N–H and O–H groups in total. The van der Waals surface area contributed by atoms with E-state index in [0.29, 0.717) is 28.7 Å². The summed E-state index contributed by atoms with van der Waals surface area (Å²) in [6, 6.07) is 10.7. The van der Waals surface area contributed by atoms with Crippen molar-refractivity contribution in [1.29, 1.82) is 0 Å². The minimum absolute atomic E-state index is 0.283. The van der Waals surface area contributed by atoms with Crippen LogP contribution in [0.2, 0.25) is 0 Å². The average molecular weight is 557 g/mol. The largest absolute Gasteiger partial charge is 0.490 e. The standard InChI is InChI=1S/C31H35FN7O2/c1-5-6-7-11-34-31(29-21(2)8-9-26(30(29)40-4)38-15-12-33-13-16-38)37-25-17-22(3)27(19-24(25)32)41-23-10-14-39-28(18-23)35-20-36-39/h7-11,14-15,17-20,33H,5-6,12-13,16H2,1-4H3,(H,34,37)/q+1/b11-7+. The van der Waals surface area contributed by atoms with Crippen molar-refractivity contribution in [2.75, 3.05) is 32.1 Å². The number of fused-ring (bicyclic) bond motifs is 1. The van der Waals surface area contributed by atoms with Crippen LogP contribution < -0.4 is 20.1 Å². The van der Waals surface area contributed by atoms with E-state index < -0.39 is 5.82 Å². The Labute approximate surface area is 239 Å². The van der Waals surface area contributed by atoms with E-state index >= 15 is 4.39 Å². The molecule has 9 nitrogen and oxygen atoms in total. The number of amidine groups is 1. The summed E-state index contributed by atoms with van der Waals surface area (Å²) in [6.07, 6.45) is 11.0. The molecule has 2 aromatic carbocycles. The van der Waals surface area contributed by atoms with Crippen molar-refractivity contribution in [3.05, 3.63) is 83.7 Å². The van der Waals surface area contributed by atoms with E-state index in [1.165, 1.54) is 12.4 Å². The number of nitrogens with one attached hydrogen (secondary N) is 2. The highest BCUT2D eigenvalue weighted by molar-refractivity contribution is 6.12. The number of hydrogen-bond acceptors (Lipinski definition) is 6. The van der Waals surface area contributed by atoms with E-state index in [9.17, 15) is 0 Å². The number of methoxy groups -OCH3 is 1. The molecule has 3 heterocycles. The number of pyridine rings is 1. The van der Waals surface area contributed by atoms with E-state index in [1.54, 1.807) is 42.2 Å². The minimum Gasteiger partial charge on any atom is -0.490 e. The van der Waals surface area contributed by atoms with Gasteiger partial charge in [0.05, 0.1) is 31.5 Å². The zero-order valence-corrected chi connectivity index (χ0v) is 23.8. The van der Waals surface area contributed by atoms with Crippen LogP contribution in [0.15, 0.2) is 66.2 Å². The van der Waals surface area contributed by atoms with E-state index in [1.807, 2.05) is 26.0 Å². The molecule has 0 amide bonds. The molecule has 4 aromatic rings. The molecule has 212 valence electrons. The molecular weight excluding hydrogens is 521 g/mol. The van der Waals surface area contributed by atoms with Gasteiger partial charge in [0.1, 0.15) is 29.5 Å². The van der Waals surface area contributed by atoms with Crippen LogP contribution in [0.4, 0.5) is 15.8 Å². The number of unbranched alkanes of at least 4 members (excludes halogenated alkanes) is 1. The predicted molar refractivity (Wildman–Crippen MR) is 160 cm³/mol. The van der Waals surface area contributed by atoms with Crippen LogP contribution in [-0.4, -0.2) is 58.0 Å². The summed E-state index contributed by atoms with van der Waals surface area (Å²) in [5.41, 5.74) is 4.34. The molecule has 0 radical (unpaired) electrons. The number of aliphatic imine (C=N–C) groups is 1. The molecule has 0 aliphatic carbocycles. The van der Waals surface area contributed by atoms with Gasteiger partial charge in [-0.05, 0) is 43.5 Å². The quantitative estimate of drug-likeness (QED) is 0.154. The fraction of sp³-hybridized carbons (Fsp3) is 0.290. The van der Waals surface area contributed by atoms with Gasteiger partial charge >= 0.3 is 0 Å². The van der Waals surface area contributed by atoms with E-state index in [0.717, 1.165) is 54.9 Å². The normalized spacial score (nSPS) is 14.0. The molecule has 41 heavy (non-hydrogen) atoms. The molecule has 0 atom stereocenters. The van der Waals surface area contributed by atoms with Gasteiger partial charge in [-0.3, -0.25) is 0 Å². The second-order valence-electron chi connectivity index (χ2n) is 9.79. The van der Waals surface area contributed by atoms with Gasteiger partial charge in [-0.2, -0.15) is 9.67 Å². The zero-order chi connectivity index (χ0) is 28.8. The molecule has 2 aromatic heterocycles. The summed E-state index contributed by atoms with van der Waals surface area (Å²) in [5, 5.41) is 10.7. The number of allylic oxidation sites excluding steroid dienone is 1. The van der Waals surface area contributed by atoms with Gasteiger partial charge in [0.25, 0.3) is 0 Å². The Bertz CT molecular complexity index is 1640. The first-order chi connectivity index (χ1) is 20.0. The Morgan fingerprint density at radius 2 is 2.10 bits per heavy atom. The van der Waals surface area contributed by atoms with Crippen LogP contribution in [-0.2, 0) is 0 Å². The topological polar surface area (TPSA) is 88.1 Å². The van der Waals surface area contributed by atoms with Crippen molar-refractivity contribution < 1.29 is 18.4 Å². The number of anilines is 1. The molecule has 10 heteroatoms. The molecule has 0 unspecified atom stereocenters. The van der Waals surface area contributed by atoms with Gasteiger partial charge in [-0.1, -0.05) is 25.5 Å². The Kier molecular flexibility index (Phi) is 8.69. The third-order valence-electron chi connectivity index (χ3n) is 6.84. The molecule has 0 saturated carbocycles. The first kappa shape index (κ1) is 28.0. The van der Waals surface area contributed by atoms with Crippen molar-refractivity contribution in [3.8, 4) is 17.2 Å². The number of ether oxygens (including phenoxy) is 2. The average Bonchev–Trinajstić information content (AvgIpc) is 3.45. The third-order valence-corrected chi connectivity index (χ3v) is 6.84. The Balaban J connectivity index is 1.51. The smallest absolute Gasteiger partial charge is 0.248 e. The van der Waals surface area contributed by atoms with Crippen molar-refractivity contribution >= 4 is 29.1 Å². The van der Waals surface area contributed by atoms with Gasteiger partial charge in [0.15, 0.2) is 18.4 Å². The maximum absolute atomic E-state index is 15.6. The lowest BCUT2D eigenvalue weighted by molar-refractivity contribution is -0.439. The number of halogens is 1.